The van der Waals surface area contributed by atoms with E-state index in [1.807, 2.05) is 16.8 Å². The molecule has 20 heavy (non-hydrogen) atoms. The number of para-hydroxylation sites is 1. The zero-order chi connectivity index (χ0) is 14.4. The van der Waals surface area contributed by atoms with Crippen LogP contribution in [-0.2, 0) is 6.54 Å². The van der Waals surface area contributed by atoms with E-state index in [2.05, 4.69) is 10.1 Å². The Balaban J connectivity index is 1.88. The van der Waals surface area contributed by atoms with Crippen LogP contribution in [0, 0.1) is 0 Å². The maximum Gasteiger partial charge on any atom is 0.387 e. The molecule has 2 rings (SSSR count). The molecule has 1 aromatic heterocycles. The first kappa shape index (κ1) is 14.9. The number of halogens is 2. The molecule has 6 heteroatoms. The molecule has 0 fully saturated rings. The van der Waals surface area contributed by atoms with E-state index in [1.165, 1.54) is 17.4 Å². The quantitative estimate of drug-likeness (QED) is 0.825. The summed E-state index contributed by atoms with van der Waals surface area (Å²) in [6.45, 7) is -2.14. The van der Waals surface area contributed by atoms with Gasteiger partial charge in [0.25, 0.3) is 0 Å². The zero-order valence-electron chi connectivity index (χ0n) is 10.6. The van der Waals surface area contributed by atoms with Crippen LogP contribution in [0.15, 0.2) is 41.1 Å². The Morgan fingerprint density at radius 2 is 2.05 bits per heavy atom. The second-order valence-corrected chi connectivity index (χ2v) is 4.97. The molecule has 2 aromatic rings. The molecule has 0 saturated heterocycles. The van der Waals surface area contributed by atoms with E-state index in [0.717, 1.165) is 5.56 Å². The summed E-state index contributed by atoms with van der Waals surface area (Å²) >= 11 is 1.52. The fraction of sp³-hybridized carbons (Fsp3) is 0.286. The van der Waals surface area contributed by atoms with Crippen LogP contribution in [0.4, 0.5) is 8.78 Å². The Bertz CT molecular complexity index is 520. The second-order valence-electron chi connectivity index (χ2n) is 4.19. The summed E-state index contributed by atoms with van der Waals surface area (Å²) in [4.78, 5) is 0. The van der Waals surface area contributed by atoms with Gasteiger partial charge in [-0.15, -0.1) is 0 Å². The van der Waals surface area contributed by atoms with E-state index < -0.39 is 12.7 Å². The first-order chi connectivity index (χ1) is 9.66. The number of aliphatic hydroxyl groups is 1. The molecule has 0 bridgehead atoms. The van der Waals surface area contributed by atoms with Gasteiger partial charge in [-0.05, 0) is 28.5 Å². The average molecular weight is 299 g/mol. The molecule has 0 aliphatic heterocycles. The van der Waals surface area contributed by atoms with Gasteiger partial charge in [0.05, 0.1) is 6.10 Å². The van der Waals surface area contributed by atoms with Gasteiger partial charge in [0.15, 0.2) is 0 Å². The van der Waals surface area contributed by atoms with Crippen LogP contribution in [0.1, 0.15) is 17.2 Å². The maximum absolute atomic E-state index is 12.3. The van der Waals surface area contributed by atoms with Gasteiger partial charge in [0, 0.05) is 18.7 Å². The van der Waals surface area contributed by atoms with Crippen LogP contribution >= 0.6 is 11.3 Å². The summed E-state index contributed by atoms with van der Waals surface area (Å²) in [5.74, 6) is 0.153. The van der Waals surface area contributed by atoms with Crippen molar-refractivity contribution in [2.24, 2.45) is 0 Å². The molecule has 1 atom stereocenters. The highest BCUT2D eigenvalue weighted by Crippen LogP contribution is 2.20. The molecule has 2 N–H and O–H groups in total. The van der Waals surface area contributed by atoms with Crippen LogP contribution in [0.2, 0.25) is 0 Å². The minimum absolute atomic E-state index is 0.153. The summed E-state index contributed by atoms with van der Waals surface area (Å²) in [6.07, 6.45) is -0.607. The third-order valence-electron chi connectivity index (χ3n) is 2.77. The number of ether oxygens (including phenoxy) is 1. The molecule has 0 aliphatic carbocycles. The number of nitrogens with one attached hydrogen (secondary N) is 1. The number of hydrogen-bond donors (Lipinski definition) is 2. The van der Waals surface area contributed by atoms with Crippen molar-refractivity contribution < 1.29 is 18.6 Å². The SMILES string of the molecule is OC(CNCc1ccccc1OC(F)F)c1ccsc1. The lowest BCUT2D eigenvalue weighted by Gasteiger charge is -2.13. The summed E-state index contributed by atoms with van der Waals surface area (Å²) in [6, 6.07) is 8.46. The molecule has 1 unspecified atom stereocenters. The standard InChI is InChI=1S/C14H15F2NO2S/c15-14(16)19-13-4-2-1-3-10(13)7-17-8-12(18)11-5-6-20-9-11/h1-6,9,12,14,17-18H,7-8H2. The van der Waals surface area contributed by atoms with Crippen LogP contribution in [-0.4, -0.2) is 18.3 Å². The van der Waals surface area contributed by atoms with E-state index in [9.17, 15) is 13.9 Å². The third-order valence-corrected chi connectivity index (χ3v) is 3.47. The first-order valence-electron chi connectivity index (χ1n) is 6.10. The fourth-order valence-corrected chi connectivity index (χ4v) is 2.49. The normalized spacial score (nSPS) is 12.6. The topological polar surface area (TPSA) is 41.5 Å². The van der Waals surface area contributed by atoms with E-state index in [-0.39, 0.29) is 5.75 Å². The van der Waals surface area contributed by atoms with Crippen molar-refractivity contribution in [3.8, 4) is 5.75 Å². The van der Waals surface area contributed by atoms with Crippen LogP contribution < -0.4 is 10.1 Å². The number of rotatable bonds is 7. The summed E-state index contributed by atoms with van der Waals surface area (Å²) in [7, 11) is 0. The van der Waals surface area contributed by atoms with Gasteiger partial charge < -0.3 is 15.2 Å². The predicted molar refractivity (Wildman–Crippen MR) is 74.1 cm³/mol. The number of alkyl halides is 2. The summed E-state index contributed by atoms with van der Waals surface area (Å²) in [5, 5.41) is 16.7. The lowest BCUT2D eigenvalue weighted by atomic mass is 10.1. The first-order valence-corrected chi connectivity index (χ1v) is 7.04. The molecule has 3 nitrogen and oxygen atoms in total. The van der Waals surface area contributed by atoms with E-state index in [1.54, 1.807) is 18.2 Å². The molecule has 0 aliphatic rings. The lowest BCUT2D eigenvalue weighted by Crippen LogP contribution is -2.21. The highest BCUT2D eigenvalue weighted by atomic mass is 32.1. The van der Waals surface area contributed by atoms with E-state index in [0.29, 0.717) is 18.7 Å². The predicted octanol–water partition coefficient (Wildman–Crippen LogP) is 3.17. The Morgan fingerprint density at radius 1 is 1.25 bits per heavy atom. The van der Waals surface area contributed by atoms with Gasteiger partial charge in [0.1, 0.15) is 5.75 Å². The molecular formula is C14H15F2NO2S. The van der Waals surface area contributed by atoms with Crippen molar-refractivity contribution in [1.29, 1.82) is 0 Å². The minimum Gasteiger partial charge on any atom is -0.434 e. The number of aliphatic hydroxyl groups excluding tert-OH is 1. The molecule has 0 amide bonds. The van der Waals surface area contributed by atoms with Crippen molar-refractivity contribution in [3.05, 3.63) is 52.2 Å². The van der Waals surface area contributed by atoms with Crippen molar-refractivity contribution in [2.75, 3.05) is 6.54 Å². The fourth-order valence-electron chi connectivity index (χ4n) is 1.79. The van der Waals surface area contributed by atoms with Gasteiger partial charge in [-0.3, -0.25) is 0 Å². The Hall–Kier alpha value is -1.50. The number of thiophene rings is 1. The Labute approximate surface area is 119 Å². The average Bonchev–Trinajstić information content (AvgIpc) is 2.94. The molecule has 0 saturated carbocycles. The molecule has 0 radical (unpaired) electrons. The smallest absolute Gasteiger partial charge is 0.387 e. The number of hydrogen-bond acceptors (Lipinski definition) is 4. The summed E-state index contributed by atoms with van der Waals surface area (Å²) in [5.41, 5.74) is 1.48. The minimum atomic E-state index is -2.84. The molecule has 0 spiro atoms. The van der Waals surface area contributed by atoms with Gasteiger partial charge in [-0.25, -0.2) is 0 Å². The van der Waals surface area contributed by atoms with Crippen LogP contribution in [0.25, 0.3) is 0 Å². The van der Waals surface area contributed by atoms with E-state index in [4.69, 9.17) is 0 Å². The highest BCUT2D eigenvalue weighted by Gasteiger charge is 2.10. The number of benzene rings is 1. The largest absolute Gasteiger partial charge is 0.434 e. The Morgan fingerprint density at radius 3 is 2.75 bits per heavy atom. The Kier molecular flexibility index (Phi) is 5.46. The van der Waals surface area contributed by atoms with Crippen molar-refractivity contribution in [3.63, 3.8) is 0 Å². The van der Waals surface area contributed by atoms with Crippen LogP contribution in [0.5, 0.6) is 5.75 Å². The third kappa shape index (κ3) is 4.26. The zero-order valence-corrected chi connectivity index (χ0v) is 11.4. The molecule has 1 aromatic carbocycles. The molecular weight excluding hydrogens is 284 g/mol. The van der Waals surface area contributed by atoms with Crippen molar-refractivity contribution in [1.82, 2.24) is 5.32 Å². The second kappa shape index (κ2) is 7.33. The maximum atomic E-state index is 12.3. The highest BCUT2D eigenvalue weighted by molar-refractivity contribution is 7.07. The van der Waals surface area contributed by atoms with Crippen molar-refractivity contribution >= 4 is 11.3 Å². The lowest BCUT2D eigenvalue weighted by molar-refractivity contribution is -0.0505. The van der Waals surface area contributed by atoms with Crippen molar-refractivity contribution in [2.45, 2.75) is 19.3 Å². The van der Waals surface area contributed by atoms with Crippen LogP contribution in [0.3, 0.4) is 0 Å². The van der Waals surface area contributed by atoms with Gasteiger partial charge in [-0.1, -0.05) is 18.2 Å². The van der Waals surface area contributed by atoms with Gasteiger partial charge >= 0.3 is 6.61 Å². The molecule has 108 valence electrons. The van der Waals surface area contributed by atoms with Gasteiger partial charge in [-0.2, -0.15) is 20.1 Å². The van der Waals surface area contributed by atoms with Gasteiger partial charge in [0.2, 0.25) is 0 Å². The van der Waals surface area contributed by atoms with E-state index >= 15 is 0 Å². The summed E-state index contributed by atoms with van der Waals surface area (Å²) < 4.78 is 29.0. The molecule has 1 heterocycles. The monoisotopic (exact) mass is 299 g/mol.